The molecule has 14 nitrogen and oxygen atoms in total. The van der Waals surface area contributed by atoms with E-state index in [0.717, 1.165) is 29.5 Å². The molecule has 2 heterocycles. The summed E-state index contributed by atoms with van der Waals surface area (Å²) in [7, 11) is 0. The van der Waals surface area contributed by atoms with E-state index in [1.54, 1.807) is 32.9 Å². The second-order valence-electron chi connectivity index (χ2n) is 13.4. The van der Waals surface area contributed by atoms with Crippen molar-refractivity contribution < 1.29 is 38.2 Å². The number of carbonyl (C=O) groups excluding carboxylic acids is 2. The van der Waals surface area contributed by atoms with Crippen molar-refractivity contribution in [3.8, 4) is 11.5 Å². The Kier molecular flexibility index (Phi) is 14.9. The van der Waals surface area contributed by atoms with Gasteiger partial charge in [0.15, 0.2) is 0 Å². The third-order valence-corrected chi connectivity index (χ3v) is 6.96. The summed E-state index contributed by atoms with van der Waals surface area (Å²) < 4.78 is 21.5. The Morgan fingerprint density at radius 1 is 0.922 bits per heavy atom. The number of non-ortho nitro benzene ring substituents is 1. The number of esters is 2. The van der Waals surface area contributed by atoms with E-state index in [4.69, 9.17) is 36.1 Å². The van der Waals surface area contributed by atoms with Crippen LogP contribution in [0.15, 0.2) is 76.3 Å². The molecule has 0 saturated carbocycles. The molecule has 0 bridgehead atoms. The van der Waals surface area contributed by atoms with Gasteiger partial charge in [-0.2, -0.15) is 0 Å². The standard InChI is InChI=1S/C18H21N3O5.C18H25N3O3.FH/c1-18(2,3)26-17(22)11-20-13(10-19)8-12-6-7-25-16-5-4-14(21(23)24)9-15(12)16;1-18(2,3)24-17(22)11-21-14(10-19)8-12-6-7-23-16-5-4-13(20)9-15(12)16;/h4-5,8-11H,6-7,19H2,1-3H3;4-5,9-12H,6-8,19-20H2,1-3H3;1H/b12-8+,13-10-,20-11?;14-10-,21-11?;. The van der Waals surface area contributed by atoms with Crippen LogP contribution in [0.2, 0.25) is 0 Å². The Balaban J connectivity index is 0.000000348. The number of hydrogen-bond donors (Lipinski definition) is 3. The number of nitro benzene ring substituents is 1. The Hall–Kier alpha value is -5.73. The van der Waals surface area contributed by atoms with Crippen LogP contribution in [0.3, 0.4) is 0 Å². The zero-order valence-electron chi connectivity index (χ0n) is 29.7. The monoisotopic (exact) mass is 710 g/mol. The molecule has 1 unspecified atom stereocenters. The smallest absolute Gasteiger partial charge is 0.349 e. The minimum atomic E-state index is -0.618. The van der Waals surface area contributed by atoms with Crippen molar-refractivity contribution in [1.82, 2.24) is 0 Å². The molecule has 2 aromatic carbocycles. The lowest BCUT2D eigenvalue weighted by molar-refractivity contribution is -0.384. The number of rotatable bonds is 8. The molecule has 1 atom stereocenters. The van der Waals surface area contributed by atoms with Crippen LogP contribution in [0.25, 0.3) is 5.57 Å². The summed E-state index contributed by atoms with van der Waals surface area (Å²) in [4.78, 5) is 42.2. The summed E-state index contributed by atoms with van der Waals surface area (Å²) >= 11 is 0. The maximum absolute atomic E-state index is 11.7. The topological polar surface area (TPSA) is 217 Å². The van der Waals surface area contributed by atoms with E-state index in [1.165, 1.54) is 30.7 Å². The van der Waals surface area contributed by atoms with Crippen LogP contribution in [-0.4, -0.2) is 53.7 Å². The minimum Gasteiger partial charge on any atom is -0.493 e. The summed E-state index contributed by atoms with van der Waals surface area (Å²) in [5.41, 5.74) is 20.0. The molecule has 2 aliphatic rings. The Morgan fingerprint density at radius 3 is 2.12 bits per heavy atom. The van der Waals surface area contributed by atoms with Crippen molar-refractivity contribution in [2.75, 3.05) is 18.9 Å². The van der Waals surface area contributed by atoms with Gasteiger partial charge in [0.25, 0.3) is 5.69 Å². The number of ether oxygens (including phenoxy) is 4. The maximum Gasteiger partial charge on any atom is 0.349 e. The summed E-state index contributed by atoms with van der Waals surface area (Å²) in [6, 6.07) is 10.0. The molecule has 2 aliphatic heterocycles. The molecule has 2 aromatic rings. The van der Waals surface area contributed by atoms with Crippen LogP contribution < -0.4 is 26.7 Å². The largest absolute Gasteiger partial charge is 0.493 e. The highest BCUT2D eigenvalue weighted by Crippen LogP contribution is 2.39. The number of fused-ring (bicyclic) bond motifs is 2. The van der Waals surface area contributed by atoms with E-state index in [-0.39, 0.29) is 16.3 Å². The van der Waals surface area contributed by atoms with Crippen molar-refractivity contribution in [1.29, 1.82) is 0 Å². The first kappa shape index (κ1) is 41.4. The number of nitrogen functional groups attached to an aromatic ring is 1. The Morgan fingerprint density at radius 2 is 1.53 bits per heavy atom. The lowest BCUT2D eigenvalue weighted by Gasteiger charge is -2.26. The third kappa shape index (κ3) is 13.6. The average molecular weight is 711 g/mol. The number of hydrogen-bond acceptors (Lipinski definition) is 13. The first-order valence-electron chi connectivity index (χ1n) is 16.0. The highest BCUT2D eigenvalue weighted by molar-refractivity contribution is 6.24. The molecule has 0 radical (unpaired) electrons. The van der Waals surface area contributed by atoms with Gasteiger partial charge in [-0.3, -0.25) is 19.8 Å². The van der Waals surface area contributed by atoms with Crippen molar-refractivity contribution >= 4 is 41.3 Å². The van der Waals surface area contributed by atoms with Crippen LogP contribution in [0.5, 0.6) is 11.5 Å². The molecule has 6 N–H and O–H groups in total. The van der Waals surface area contributed by atoms with Crippen LogP contribution in [0.1, 0.15) is 77.8 Å². The van der Waals surface area contributed by atoms with Crippen LogP contribution in [-0.2, 0) is 19.1 Å². The predicted molar refractivity (Wildman–Crippen MR) is 195 cm³/mol. The molecular formula is C36H47FN6O8. The number of nitrogens with two attached hydrogens (primary N) is 3. The number of allylic oxidation sites excluding steroid dienone is 2. The molecule has 0 spiro atoms. The summed E-state index contributed by atoms with van der Waals surface area (Å²) in [6.07, 6.45) is 8.55. The van der Waals surface area contributed by atoms with Gasteiger partial charge in [0.05, 0.1) is 29.5 Å². The molecule has 0 aliphatic carbocycles. The average Bonchev–Trinajstić information content (AvgIpc) is 3.03. The third-order valence-electron chi connectivity index (χ3n) is 6.96. The fourth-order valence-electron chi connectivity index (χ4n) is 4.90. The van der Waals surface area contributed by atoms with Crippen molar-refractivity contribution in [2.45, 2.75) is 77.9 Å². The Labute approximate surface area is 296 Å². The van der Waals surface area contributed by atoms with Gasteiger partial charge in [0.1, 0.15) is 35.1 Å². The van der Waals surface area contributed by atoms with Crippen molar-refractivity contribution in [3.05, 3.63) is 87.5 Å². The predicted octanol–water partition coefficient (Wildman–Crippen LogP) is 5.86. The maximum atomic E-state index is 11.7. The minimum absolute atomic E-state index is 0. The SMILES string of the molecule is CC(C)(C)OC(=O)C=N/C(=C\N)CC1CCOc2ccc(N)cc21.CC(C)(C)OC(=O)C=NC(=C\N)/C=C1\CCOc2ccc([N+](=O)[O-])cc21.F. The van der Waals surface area contributed by atoms with Gasteiger partial charge in [-0.15, -0.1) is 0 Å². The quantitative estimate of drug-likeness (QED) is 0.0968. The highest BCUT2D eigenvalue weighted by Gasteiger charge is 2.23. The van der Waals surface area contributed by atoms with E-state index in [0.29, 0.717) is 54.4 Å². The highest BCUT2D eigenvalue weighted by atomic mass is 19.0. The lowest BCUT2D eigenvalue weighted by Crippen LogP contribution is -2.24. The summed E-state index contributed by atoms with van der Waals surface area (Å²) in [5, 5.41) is 11.0. The fraction of sp³-hybridized carbons (Fsp3) is 0.389. The van der Waals surface area contributed by atoms with E-state index in [9.17, 15) is 19.7 Å². The zero-order chi connectivity index (χ0) is 37.1. The van der Waals surface area contributed by atoms with Gasteiger partial charge in [-0.25, -0.2) is 14.6 Å². The molecule has 4 rings (SSSR count). The molecule has 0 aromatic heterocycles. The van der Waals surface area contributed by atoms with Crippen molar-refractivity contribution in [3.63, 3.8) is 0 Å². The first-order chi connectivity index (χ1) is 23.5. The zero-order valence-corrected chi connectivity index (χ0v) is 29.7. The lowest BCUT2D eigenvalue weighted by atomic mass is 9.89. The van der Waals surface area contributed by atoms with Crippen molar-refractivity contribution in [2.24, 2.45) is 21.5 Å². The second-order valence-corrected chi connectivity index (χ2v) is 13.4. The second kappa shape index (κ2) is 18.3. The van der Waals surface area contributed by atoms with Crippen LogP contribution in [0, 0.1) is 10.1 Å². The molecule has 15 heteroatoms. The number of carbonyl (C=O) groups is 2. The number of anilines is 1. The number of benzene rings is 2. The normalized spacial score (nSPS) is 16.8. The van der Waals surface area contributed by atoms with E-state index < -0.39 is 28.1 Å². The van der Waals surface area contributed by atoms with E-state index in [2.05, 4.69) is 9.98 Å². The molecular weight excluding hydrogens is 663 g/mol. The van der Waals surface area contributed by atoms with E-state index in [1.807, 2.05) is 39.0 Å². The van der Waals surface area contributed by atoms with Gasteiger partial charge in [-0.05, 0) is 102 Å². The molecule has 0 saturated heterocycles. The van der Waals surface area contributed by atoms with Gasteiger partial charge in [0, 0.05) is 42.2 Å². The van der Waals surface area contributed by atoms with Crippen LogP contribution >= 0.6 is 0 Å². The van der Waals surface area contributed by atoms with Gasteiger partial charge < -0.3 is 36.1 Å². The van der Waals surface area contributed by atoms with Gasteiger partial charge in [0.2, 0.25) is 0 Å². The number of halogens is 1. The Bertz CT molecular complexity index is 1720. The molecule has 0 fully saturated rings. The van der Waals surface area contributed by atoms with E-state index >= 15 is 0 Å². The molecule has 276 valence electrons. The fourth-order valence-corrected chi connectivity index (χ4v) is 4.90. The summed E-state index contributed by atoms with van der Waals surface area (Å²) in [5.74, 6) is 0.521. The molecule has 51 heavy (non-hydrogen) atoms. The summed E-state index contributed by atoms with van der Waals surface area (Å²) in [6.45, 7) is 11.8. The molecule has 0 amide bonds. The number of nitrogens with zero attached hydrogens (tertiary/aromatic N) is 3. The number of aliphatic imine (C=N–C) groups is 2. The first-order valence-corrected chi connectivity index (χ1v) is 16.0. The van der Waals surface area contributed by atoms with Gasteiger partial charge in [-0.1, -0.05) is 0 Å². The number of nitro groups is 1. The van der Waals surface area contributed by atoms with Crippen LogP contribution in [0.4, 0.5) is 16.1 Å². The van der Waals surface area contributed by atoms with Gasteiger partial charge >= 0.3 is 11.9 Å².